The van der Waals surface area contributed by atoms with Crippen molar-refractivity contribution in [1.82, 2.24) is 5.32 Å². The Morgan fingerprint density at radius 2 is 1.80 bits per heavy atom. The Morgan fingerprint density at radius 3 is 2.50 bits per heavy atom. The van der Waals surface area contributed by atoms with Crippen molar-refractivity contribution in [1.29, 1.82) is 0 Å². The van der Waals surface area contributed by atoms with Gasteiger partial charge in [0.05, 0.1) is 0 Å². The normalized spacial score (nSPS) is 10.1. The zero-order valence-corrected chi connectivity index (χ0v) is 13.0. The Kier molecular flexibility index (Phi) is 5.44. The number of carbonyl (C=O) groups is 1. The van der Waals surface area contributed by atoms with Crippen LogP contribution in [0.2, 0.25) is 5.02 Å². The molecule has 0 atom stereocenters. The summed E-state index contributed by atoms with van der Waals surface area (Å²) in [6, 6.07) is 14.7. The lowest BCUT2D eigenvalue weighted by Crippen LogP contribution is -2.30. The smallest absolute Gasteiger partial charge is 0.319 e. The number of halogens is 2. The van der Waals surface area contributed by atoms with Crippen molar-refractivity contribution >= 4 is 39.2 Å². The van der Waals surface area contributed by atoms with Crippen LogP contribution in [0, 0.1) is 0 Å². The molecule has 104 valence electrons. The Morgan fingerprint density at radius 1 is 1.10 bits per heavy atom. The van der Waals surface area contributed by atoms with Gasteiger partial charge in [0, 0.05) is 21.7 Å². The van der Waals surface area contributed by atoms with Gasteiger partial charge in [-0.15, -0.1) is 0 Å². The van der Waals surface area contributed by atoms with Crippen LogP contribution in [0.1, 0.15) is 5.56 Å². The van der Waals surface area contributed by atoms with Gasteiger partial charge in [-0.25, -0.2) is 4.79 Å². The number of rotatable bonds is 4. The maximum absolute atomic E-state index is 11.7. The Bertz CT molecular complexity index is 587. The summed E-state index contributed by atoms with van der Waals surface area (Å²) in [4.78, 5) is 11.7. The third-order valence-electron chi connectivity index (χ3n) is 2.74. The van der Waals surface area contributed by atoms with Gasteiger partial charge in [-0.1, -0.05) is 45.7 Å². The van der Waals surface area contributed by atoms with E-state index in [1.54, 1.807) is 24.3 Å². The number of urea groups is 1. The van der Waals surface area contributed by atoms with Crippen molar-refractivity contribution < 1.29 is 4.79 Å². The molecule has 0 fully saturated rings. The molecule has 2 N–H and O–H groups in total. The summed E-state index contributed by atoms with van der Waals surface area (Å²) in [5.41, 5.74) is 1.88. The van der Waals surface area contributed by atoms with Gasteiger partial charge in [0.1, 0.15) is 0 Å². The molecule has 20 heavy (non-hydrogen) atoms. The van der Waals surface area contributed by atoms with E-state index in [0.29, 0.717) is 17.3 Å². The highest BCUT2D eigenvalue weighted by Crippen LogP contribution is 2.16. The van der Waals surface area contributed by atoms with Crippen LogP contribution in [-0.2, 0) is 6.42 Å². The van der Waals surface area contributed by atoms with Crippen molar-refractivity contribution in [2.45, 2.75) is 6.42 Å². The third-order valence-corrected chi connectivity index (χ3v) is 3.77. The Balaban J connectivity index is 1.78. The number of carbonyl (C=O) groups excluding carboxylic acids is 1. The van der Waals surface area contributed by atoms with E-state index in [0.717, 1.165) is 10.9 Å². The minimum Gasteiger partial charge on any atom is -0.338 e. The van der Waals surface area contributed by atoms with E-state index in [9.17, 15) is 4.79 Å². The monoisotopic (exact) mass is 352 g/mol. The minimum atomic E-state index is -0.223. The molecule has 0 unspecified atom stereocenters. The Hall–Kier alpha value is -1.52. The molecule has 0 aliphatic heterocycles. The van der Waals surface area contributed by atoms with Gasteiger partial charge in [0.15, 0.2) is 0 Å². The zero-order valence-electron chi connectivity index (χ0n) is 10.7. The molecular formula is C15H14BrClN2O. The molecule has 2 aromatic rings. The van der Waals surface area contributed by atoms with Crippen LogP contribution < -0.4 is 10.6 Å². The van der Waals surface area contributed by atoms with E-state index in [1.165, 1.54) is 5.56 Å². The number of hydrogen-bond acceptors (Lipinski definition) is 1. The van der Waals surface area contributed by atoms with E-state index in [2.05, 4.69) is 26.6 Å². The van der Waals surface area contributed by atoms with Crippen molar-refractivity contribution in [3.63, 3.8) is 0 Å². The summed E-state index contributed by atoms with van der Waals surface area (Å²) >= 11 is 9.26. The Labute approximate surface area is 131 Å². The molecule has 5 heteroatoms. The summed E-state index contributed by atoms with van der Waals surface area (Å²) in [6.07, 6.45) is 0.773. The second kappa shape index (κ2) is 7.31. The molecule has 2 rings (SSSR count). The number of amides is 2. The van der Waals surface area contributed by atoms with Gasteiger partial charge >= 0.3 is 6.03 Å². The molecule has 0 heterocycles. The highest BCUT2D eigenvalue weighted by molar-refractivity contribution is 9.10. The minimum absolute atomic E-state index is 0.223. The molecule has 0 saturated heterocycles. The summed E-state index contributed by atoms with van der Waals surface area (Å²) in [5, 5.41) is 6.21. The lowest BCUT2D eigenvalue weighted by Gasteiger charge is -2.08. The fourth-order valence-corrected chi connectivity index (χ4v) is 2.33. The molecular weight excluding hydrogens is 340 g/mol. The zero-order chi connectivity index (χ0) is 14.4. The van der Waals surface area contributed by atoms with Crippen LogP contribution in [-0.4, -0.2) is 12.6 Å². The van der Waals surface area contributed by atoms with Crippen LogP contribution in [0.25, 0.3) is 0 Å². The predicted octanol–water partition coefficient (Wildman–Crippen LogP) is 4.47. The SMILES string of the molecule is O=C(NCCc1ccccc1Br)Nc1ccc(Cl)cc1. The molecule has 2 amide bonds. The van der Waals surface area contributed by atoms with Gasteiger partial charge in [-0.3, -0.25) is 0 Å². The van der Waals surface area contributed by atoms with Crippen molar-refractivity contribution in [2.75, 3.05) is 11.9 Å². The standard InChI is InChI=1S/C15H14BrClN2O/c16-14-4-2-1-3-11(14)9-10-18-15(20)19-13-7-5-12(17)6-8-13/h1-8H,9-10H2,(H2,18,19,20). The fraction of sp³-hybridized carbons (Fsp3) is 0.133. The average molecular weight is 354 g/mol. The quantitative estimate of drug-likeness (QED) is 0.837. The van der Waals surface area contributed by atoms with E-state index in [4.69, 9.17) is 11.6 Å². The van der Waals surface area contributed by atoms with Crippen LogP contribution in [0.15, 0.2) is 53.0 Å². The molecule has 0 aromatic heterocycles. The third kappa shape index (κ3) is 4.54. The molecule has 0 spiro atoms. The summed E-state index contributed by atoms with van der Waals surface area (Å²) in [5.74, 6) is 0. The highest BCUT2D eigenvalue weighted by atomic mass is 79.9. The molecule has 0 radical (unpaired) electrons. The first kappa shape index (κ1) is 14.9. The van der Waals surface area contributed by atoms with E-state index in [-0.39, 0.29) is 6.03 Å². The maximum Gasteiger partial charge on any atom is 0.319 e. The number of hydrogen-bond donors (Lipinski definition) is 2. The molecule has 0 aliphatic carbocycles. The largest absolute Gasteiger partial charge is 0.338 e. The van der Waals surface area contributed by atoms with Gasteiger partial charge in [0.25, 0.3) is 0 Å². The molecule has 0 bridgehead atoms. The van der Waals surface area contributed by atoms with Gasteiger partial charge < -0.3 is 10.6 Å². The second-order valence-electron chi connectivity index (χ2n) is 4.23. The van der Waals surface area contributed by atoms with Gasteiger partial charge in [-0.2, -0.15) is 0 Å². The van der Waals surface area contributed by atoms with Crippen LogP contribution in [0.4, 0.5) is 10.5 Å². The van der Waals surface area contributed by atoms with Crippen molar-refractivity contribution in [3.05, 3.63) is 63.6 Å². The molecule has 3 nitrogen and oxygen atoms in total. The van der Waals surface area contributed by atoms with Crippen molar-refractivity contribution in [2.24, 2.45) is 0 Å². The number of benzene rings is 2. The fourth-order valence-electron chi connectivity index (χ4n) is 1.72. The number of anilines is 1. The van der Waals surface area contributed by atoms with E-state index >= 15 is 0 Å². The first-order valence-corrected chi connectivity index (χ1v) is 7.36. The summed E-state index contributed by atoms with van der Waals surface area (Å²) in [7, 11) is 0. The van der Waals surface area contributed by atoms with Crippen molar-refractivity contribution in [3.8, 4) is 0 Å². The lowest BCUT2D eigenvalue weighted by molar-refractivity contribution is 0.252. The molecule has 0 aliphatic rings. The maximum atomic E-state index is 11.7. The topological polar surface area (TPSA) is 41.1 Å². The molecule has 2 aromatic carbocycles. The predicted molar refractivity (Wildman–Crippen MR) is 86.3 cm³/mol. The molecule has 0 saturated carbocycles. The van der Waals surface area contributed by atoms with Crippen LogP contribution >= 0.6 is 27.5 Å². The summed E-state index contributed by atoms with van der Waals surface area (Å²) in [6.45, 7) is 0.571. The highest BCUT2D eigenvalue weighted by Gasteiger charge is 2.02. The van der Waals surface area contributed by atoms with Crippen LogP contribution in [0.3, 0.4) is 0 Å². The van der Waals surface area contributed by atoms with Gasteiger partial charge in [-0.05, 0) is 42.3 Å². The summed E-state index contributed by atoms with van der Waals surface area (Å²) < 4.78 is 1.06. The van der Waals surface area contributed by atoms with Gasteiger partial charge in [0.2, 0.25) is 0 Å². The average Bonchev–Trinajstić information content (AvgIpc) is 2.43. The van der Waals surface area contributed by atoms with E-state index < -0.39 is 0 Å². The van der Waals surface area contributed by atoms with Crippen LogP contribution in [0.5, 0.6) is 0 Å². The second-order valence-corrected chi connectivity index (χ2v) is 5.52. The first-order valence-electron chi connectivity index (χ1n) is 6.19. The lowest BCUT2D eigenvalue weighted by atomic mass is 10.1. The van der Waals surface area contributed by atoms with E-state index in [1.807, 2.05) is 24.3 Å². The number of nitrogens with one attached hydrogen (secondary N) is 2. The first-order chi connectivity index (χ1) is 9.65.